The molecule has 29 heavy (non-hydrogen) atoms. The van der Waals surface area contributed by atoms with E-state index < -0.39 is 0 Å². The number of methoxy groups -OCH3 is 1. The monoisotopic (exact) mass is 398 g/mol. The second-order valence-corrected chi connectivity index (χ2v) is 8.19. The van der Waals surface area contributed by atoms with Crippen LogP contribution in [0.4, 0.5) is 0 Å². The number of nitrogens with zero attached hydrogens (tertiary/aromatic N) is 3. The summed E-state index contributed by atoms with van der Waals surface area (Å²) in [5.74, 6) is 2.66. The summed E-state index contributed by atoms with van der Waals surface area (Å²) in [5.41, 5.74) is 1.12. The van der Waals surface area contributed by atoms with Crippen molar-refractivity contribution in [2.45, 2.75) is 50.8 Å². The number of aliphatic imine (C=N–C) groups is 1. The zero-order valence-electron chi connectivity index (χ0n) is 17.8. The van der Waals surface area contributed by atoms with Crippen LogP contribution in [-0.4, -0.2) is 68.2 Å². The third-order valence-corrected chi connectivity index (χ3v) is 6.34. The standard InChI is InChI=1S/C23H34N4O2/c1-24-23(27-15-12-19(17-27)26-13-5-6-14-26)25-16-18-8-7-11-21(28-2)22(18)29-20-9-3-4-10-20/h5-8,11,19-20H,3-4,9-10,12-17H2,1-2H3,(H,24,25). The van der Waals surface area contributed by atoms with Crippen LogP contribution in [0, 0.1) is 0 Å². The molecule has 2 heterocycles. The van der Waals surface area contributed by atoms with Crippen molar-refractivity contribution in [1.29, 1.82) is 0 Å². The zero-order chi connectivity index (χ0) is 20.1. The lowest BCUT2D eigenvalue weighted by molar-refractivity contribution is 0.198. The number of benzene rings is 1. The Hall–Kier alpha value is -2.21. The van der Waals surface area contributed by atoms with Gasteiger partial charge in [-0.3, -0.25) is 9.89 Å². The van der Waals surface area contributed by atoms with Gasteiger partial charge in [0.2, 0.25) is 0 Å². The summed E-state index contributed by atoms with van der Waals surface area (Å²) in [5, 5.41) is 3.56. The van der Waals surface area contributed by atoms with Gasteiger partial charge in [0.15, 0.2) is 17.5 Å². The first kappa shape index (κ1) is 20.1. The summed E-state index contributed by atoms with van der Waals surface area (Å²) < 4.78 is 12.0. The minimum Gasteiger partial charge on any atom is -0.493 e. The van der Waals surface area contributed by atoms with Gasteiger partial charge >= 0.3 is 0 Å². The number of rotatable bonds is 6. The number of hydrogen-bond acceptors (Lipinski definition) is 4. The Bertz CT molecular complexity index is 734. The molecule has 0 bridgehead atoms. The van der Waals surface area contributed by atoms with Crippen LogP contribution < -0.4 is 14.8 Å². The summed E-state index contributed by atoms with van der Waals surface area (Å²) in [4.78, 5) is 9.47. The number of nitrogens with one attached hydrogen (secondary N) is 1. The van der Waals surface area contributed by atoms with Gasteiger partial charge in [0.1, 0.15) is 0 Å². The van der Waals surface area contributed by atoms with Crippen LogP contribution in [-0.2, 0) is 6.54 Å². The number of hydrogen-bond donors (Lipinski definition) is 1. The van der Waals surface area contributed by atoms with Crippen molar-refractivity contribution < 1.29 is 9.47 Å². The summed E-state index contributed by atoms with van der Waals surface area (Å²) in [6.07, 6.45) is 10.8. The quantitative estimate of drug-likeness (QED) is 0.453. The van der Waals surface area contributed by atoms with Gasteiger partial charge in [-0.15, -0.1) is 0 Å². The van der Waals surface area contributed by atoms with Crippen LogP contribution in [0.3, 0.4) is 0 Å². The average molecular weight is 399 g/mol. The van der Waals surface area contributed by atoms with Crippen molar-refractivity contribution in [3.63, 3.8) is 0 Å². The lowest BCUT2D eigenvalue weighted by Gasteiger charge is -2.26. The second kappa shape index (κ2) is 9.53. The van der Waals surface area contributed by atoms with Crippen LogP contribution in [0.15, 0.2) is 35.3 Å². The molecule has 4 rings (SSSR count). The fourth-order valence-electron chi connectivity index (χ4n) is 4.70. The van der Waals surface area contributed by atoms with E-state index in [2.05, 4.69) is 38.3 Å². The van der Waals surface area contributed by atoms with E-state index in [0.717, 1.165) is 62.0 Å². The summed E-state index contributed by atoms with van der Waals surface area (Å²) in [6, 6.07) is 6.75. The molecule has 0 amide bonds. The molecule has 158 valence electrons. The van der Waals surface area contributed by atoms with E-state index in [1.54, 1.807) is 7.11 Å². The predicted octanol–water partition coefficient (Wildman–Crippen LogP) is 3.04. The third-order valence-electron chi connectivity index (χ3n) is 6.34. The molecular formula is C23H34N4O2. The van der Waals surface area contributed by atoms with Crippen LogP contribution in [0.5, 0.6) is 11.5 Å². The Morgan fingerprint density at radius 2 is 1.97 bits per heavy atom. The van der Waals surface area contributed by atoms with Crippen LogP contribution in [0.2, 0.25) is 0 Å². The van der Waals surface area contributed by atoms with Crippen molar-refractivity contribution in [2.24, 2.45) is 4.99 Å². The van der Waals surface area contributed by atoms with Gasteiger partial charge in [0, 0.05) is 51.4 Å². The number of likely N-dealkylation sites (tertiary alicyclic amines) is 1. The highest BCUT2D eigenvalue weighted by Crippen LogP contribution is 2.34. The molecule has 6 heteroatoms. The first-order valence-corrected chi connectivity index (χ1v) is 11.0. The zero-order valence-corrected chi connectivity index (χ0v) is 17.8. The van der Waals surface area contributed by atoms with Gasteiger partial charge in [0.05, 0.1) is 13.2 Å². The fraction of sp³-hybridized carbons (Fsp3) is 0.609. The number of guanidine groups is 1. The van der Waals surface area contributed by atoms with Gasteiger partial charge in [-0.25, -0.2) is 0 Å². The highest BCUT2D eigenvalue weighted by Gasteiger charge is 2.29. The summed E-state index contributed by atoms with van der Waals surface area (Å²) >= 11 is 0. The molecule has 0 aromatic heterocycles. The maximum absolute atomic E-state index is 6.37. The van der Waals surface area contributed by atoms with Crippen molar-refractivity contribution in [3.8, 4) is 11.5 Å². The molecule has 1 aromatic rings. The molecule has 3 aliphatic rings. The molecule has 1 saturated carbocycles. The lowest BCUT2D eigenvalue weighted by atomic mass is 10.1. The third kappa shape index (κ3) is 4.69. The minimum atomic E-state index is 0.303. The molecule has 1 unspecified atom stereocenters. The number of ether oxygens (including phenoxy) is 2. The Morgan fingerprint density at radius 3 is 2.69 bits per heavy atom. The molecule has 1 atom stereocenters. The Kier molecular flexibility index (Phi) is 6.60. The minimum absolute atomic E-state index is 0.303. The van der Waals surface area contributed by atoms with E-state index in [0.29, 0.717) is 18.7 Å². The van der Waals surface area contributed by atoms with Crippen LogP contribution in [0.1, 0.15) is 37.7 Å². The maximum atomic E-state index is 6.37. The Balaban J connectivity index is 1.39. The summed E-state index contributed by atoms with van der Waals surface area (Å²) in [6.45, 7) is 4.92. The smallest absolute Gasteiger partial charge is 0.193 e. The molecular weight excluding hydrogens is 364 g/mol. The van der Waals surface area contributed by atoms with Crippen molar-refractivity contribution >= 4 is 5.96 Å². The highest BCUT2D eigenvalue weighted by molar-refractivity contribution is 5.80. The SMILES string of the molecule is CN=C(NCc1cccc(OC)c1OC1CCCC1)N1CCC(N2CC=CC2)C1. The van der Waals surface area contributed by atoms with Crippen LogP contribution >= 0.6 is 0 Å². The lowest BCUT2D eigenvalue weighted by Crippen LogP contribution is -2.42. The molecule has 2 aliphatic heterocycles. The first-order valence-electron chi connectivity index (χ1n) is 11.0. The molecule has 1 aromatic carbocycles. The molecule has 2 fully saturated rings. The molecule has 6 nitrogen and oxygen atoms in total. The van der Waals surface area contributed by atoms with Gasteiger partial charge in [-0.05, 0) is 38.2 Å². The van der Waals surface area contributed by atoms with Gasteiger partial charge in [-0.1, -0.05) is 24.3 Å². The van der Waals surface area contributed by atoms with E-state index in [4.69, 9.17) is 9.47 Å². The number of para-hydroxylation sites is 1. The second-order valence-electron chi connectivity index (χ2n) is 8.19. The van der Waals surface area contributed by atoms with E-state index in [-0.39, 0.29) is 0 Å². The normalized spacial score (nSPS) is 23.2. The van der Waals surface area contributed by atoms with Crippen LogP contribution in [0.25, 0.3) is 0 Å². The molecule has 0 spiro atoms. The largest absolute Gasteiger partial charge is 0.493 e. The van der Waals surface area contributed by atoms with Crippen molar-refractivity contribution in [2.75, 3.05) is 40.3 Å². The topological polar surface area (TPSA) is 49.3 Å². The molecule has 1 N–H and O–H groups in total. The highest BCUT2D eigenvalue weighted by atomic mass is 16.5. The average Bonchev–Trinajstić information content (AvgIpc) is 3.51. The first-order chi connectivity index (χ1) is 14.3. The van der Waals surface area contributed by atoms with Gasteiger partial charge in [-0.2, -0.15) is 0 Å². The summed E-state index contributed by atoms with van der Waals surface area (Å²) in [7, 11) is 3.58. The Morgan fingerprint density at radius 1 is 1.17 bits per heavy atom. The molecule has 0 radical (unpaired) electrons. The fourth-order valence-corrected chi connectivity index (χ4v) is 4.70. The van der Waals surface area contributed by atoms with Crippen molar-refractivity contribution in [3.05, 3.63) is 35.9 Å². The van der Waals surface area contributed by atoms with Gasteiger partial charge < -0.3 is 19.7 Å². The maximum Gasteiger partial charge on any atom is 0.193 e. The van der Waals surface area contributed by atoms with E-state index in [1.165, 1.54) is 19.3 Å². The molecule has 1 saturated heterocycles. The Labute approximate surface area is 174 Å². The van der Waals surface area contributed by atoms with Gasteiger partial charge in [0.25, 0.3) is 0 Å². The van der Waals surface area contributed by atoms with E-state index in [9.17, 15) is 0 Å². The molecule has 1 aliphatic carbocycles. The van der Waals surface area contributed by atoms with E-state index >= 15 is 0 Å². The van der Waals surface area contributed by atoms with E-state index in [1.807, 2.05) is 19.2 Å². The van der Waals surface area contributed by atoms with Crippen molar-refractivity contribution in [1.82, 2.24) is 15.1 Å². The predicted molar refractivity (Wildman–Crippen MR) is 117 cm³/mol.